The molecule has 2 N–H and O–H groups in total. The van der Waals surface area contributed by atoms with Crippen LogP contribution in [0.25, 0.3) is 5.69 Å². The zero-order valence-corrected chi connectivity index (χ0v) is 17.8. The second-order valence-corrected chi connectivity index (χ2v) is 7.95. The van der Waals surface area contributed by atoms with Crippen molar-refractivity contribution in [3.05, 3.63) is 51.9 Å². The van der Waals surface area contributed by atoms with Crippen molar-refractivity contribution in [2.24, 2.45) is 0 Å². The van der Waals surface area contributed by atoms with Gasteiger partial charge in [0.05, 0.1) is 43.8 Å². The van der Waals surface area contributed by atoms with Crippen LogP contribution >= 0.6 is 11.6 Å². The van der Waals surface area contributed by atoms with Gasteiger partial charge in [-0.3, -0.25) is 9.59 Å². The first kappa shape index (κ1) is 21.3. The van der Waals surface area contributed by atoms with Crippen LogP contribution in [0.5, 0.6) is 0 Å². The Morgan fingerprint density at radius 1 is 1.28 bits per heavy atom. The zero-order chi connectivity index (χ0) is 20.8. The van der Waals surface area contributed by atoms with Gasteiger partial charge in [0, 0.05) is 6.04 Å². The van der Waals surface area contributed by atoms with Gasteiger partial charge in [0.25, 0.3) is 11.5 Å². The number of carbonyl (C=O) groups is 1. The van der Waals surface area contributed by atoms with E-state index in [1.165, 1.54) is 9.58 Å². The minimum absolute atomic E-state index is 0.0968. The van der Waals surface area contributed by atoms with Crippen molar-refractivity contribution < 1.29 is 9.69 Å². The van der Waals surface area contributed by atoms with Crippen LogP contribution in [-0.2, 0) is 4.79 Å². The Morgan fingerprint density at radius 2 is 1.97 bits per heavy atom. The van der Waals surface area contributed by atoms with Gasteiger partial charge in [-0.2, -0.15) is 9.78 Å². The number of aromatic nitrogens is 2. The van der Waals surface area contributed by atoms with Gasteiger partial charge < -0.3 is 15.1 Å². The number of nitrogens with zero attached hydrogens (tertiary/aromatic N) is 3. The van der Waals surface area contributed by atoms with E-state index < -0.39 is 0 Å². The molecule has 0 unspecified atom stereocenters. The summed E-state index contributed by atoms with van der Waals surface area (Å²) < 4.78 is 1.31. The van der Waals surface area contributed by atoms with E-state index in [1.807, 2.05) is 37.3 Å². The maximum Gasteiger partial charge on any atom is 0.292 e. The smallest absolute Gasteiger partial charge is 0.292 e. The minimum Gasteiger partial charge on any atom is -0.358 e. The third kappa shape index (κ3) is 5.36. The van der Waals surface area contributed by atoms with E-state index in [4.69, 9.17) is 11.6 Å². The summed E-state index contributed by atoms with van der Waals surface area (Å²) in [5.41, 5.74) is 1.02. The van der Waals surface area contributed by atoms with Crippen LogP contribution in [0.1, 0.15) is 26.7 Å². The number of rotatable bonds is 7. The van der Waals surface area contributed by atoms with E-state index in [0.717, 1.165) is 39.0 Å². The van der Waals surface area contributed by atoms with Crippen LogP contribution in [0.3, 0.4) is 0 Å². The Labute approximate surface area is 176 Å². The molecule has 156 valence electrons. The summed E-state index contributed by atoms with van der Waals surface area (Å²) in [7, 11) is 0. The summed E-state index contributed by atoms with van der Waals surface area (Å²) in [6, 6.07) is 9.45. The first-order valence-electron chi connectivity index (χ1n) is 10.2. The lowest BCUT2D eigenvalue weighted by atomic mass is 10.2. The van der Waals surface area contributed by atoms with E-state index in [0.29, 0.717) is 17.9 Å². The van der Waals surface area contributed by atoms with E-state index in [2.05, 4.69) is 22.2 Å². The van der Waals surface area contributed by atoms with Crippen molar-refractivity contribution in [3.63, 3.8) is 0 Å². The maximum absolute atomic E-state index is 12.7. The maximum atomic E-state index is 12.7. The monoisotopic (exact) mass is 418 g/mol. The van der Waals surface area contributed by atoms with Gasteiger partial charge >= 0.3 is 0 Å². The molecule has 0 saturated carbocycles. The number of benzene rings is 1. The highest BCUT2D eigenvalue weighted by Gasteiger charge is 2.25. The standard InChI is InChI=1S/C21H28ClN5O2/c1-3-7-16(2)24-19(28)15-25-10-12-26(13-11-25)18-14-23-27(21(29)20(18)22)17-8-5-4-6-9-17/h4-6,8-9,14,16H,3,7,10-13,15H2,1-2H3,(H,24,28)/p+1/t16-/m1/s1. The fourth-order valence-electron chi connectivity index (χ4n) is 3.70. The lowest BCUT2D eigenvalue weighted by Gasteiger charge is -2.33. The molecule has 0 bridgehead atoms. The van der Waals surface area contributed by atoms with E-state index in [1.54, 1.807) is 6.20 Å². The van der Waals surface area contributed by atoms with Crippen LogP contribution in [0, 0.1) is 0 Å². The fourth-order valence-corrected chi connectivity index (χ4v) is 3.94. The third-order valence-electron chi connectivity index (χ3n) is 5.25. The average Bonchev–Trinajstić information content (AvgIpc) is 2.71. The lowest BCUT2D eigenvalue weighted by Crippen LogP contribution is -3.16. The molecule has 0 spiro atoms. The number of carbonyl (C=O) groups excluding carboxylic acids is 1. The van der Waals surface area contributed by atoms with E-state index >= 15 is 0 Å². The second kappa shape index (κ2) is 9.89. The molecule has 1 amide bonds. The molecule has 1 fully saturated rings. The number of hydrogen-bond donors (Lipinski definition) is 2. The van der Waals surface area contributed by atoms with Crippen LogP contribution in [0.4, 0.5) is 5.69 Å². The predicted octanol–water partition coefficient (Wildman–Crippen LogP) is 0.896. The van der Waals surface area contributed by atoms with Crippen molar-refractivity contribution in [3.8, 4) is 5.69 Å². The van der Waals surface area contributed by atoms with Crippen LogP contribution < -0.4 is 20.7 Å². The number of para-hydroxylation sites is 1. The normalized spacial score (nSPS) is 15.9. The summed E-state index contributed by atoms with van der Waals surface area (Å²) in [5, 5.41) is 7.55. The molecule has 2 heterocycles. The molecular formula is C21H29ClN5O2+. The predicted molar refractivity (Wildman–Crippen MR) is 115 cm³/mol. The van der Waals surface area contributed by atoms with Gasteiger partial charge in [0.2, 0.25) is 0 Å². The highest BCUT2D eigenvalue weighted by atomic mass is 35.5. The largest absolute Gasteiger partial charge is 0.358 e. The SMILES string of the molecule is CCC[C@@H](C)NC(=O)C[NH+]1CCN(c2cnn(-c3ccccc3)c(=O)c2Cl)CC1. The van der Waals surface area contributed by atoms with Crippen molar-refractivity contribution in [2.45, 2.75) is 32.7 Å². The molecule has 1 aliphatic rings. The molecule has 0 radical (unpaired) electrons. The van der Waals surface area contributed by atoms with Gasteiger partial charge in [-0.15, -0.1) is 0 Å². The van der Waals surface area contributed by atoms with Crippen LogP contribution in [0.15, 0.2) is 41.3 Å². The molecule has 3 rings (SSSR count). The minimum atomic E-state index is -0.325. The van der Waals surface area contributed by atoms with Gasteiger partial charge in [-0.1, -0.05) is 43.1 Å². The lowest BCUT2D eigenvalue weighted by molar-refractivity contribution is -0.892. The number of quaternary nitrogens is 1. The van der Waals surface area contributed by atoms with Crippen LogP contribution in [-0.4, -0.2) is 54.5 Å². The molecule has 29 heavy (non-hydrogen) atoms. The second-order valence-electron chi connectivity index (χ2n) is 7.57. The molecule has 8 heteroatoms. The average molecular weight is 419 g/mol. The third-order valence-corrected chi connectivity index (χ3v) is 5.61. The molecule has 0 aliphatic carbocycles. The van der Waals surface area contributed by atoms with Crippen LogP contribution in [0.2, 0.25) is 5.02 Å². The molecule has 7 nitrogen and oxygen atoms in total. The van der Waals surface area contributed by atoms with E-state index in [9.17, 15) is 9.59 Å². The van der Waals surface area contributed by atoms with Gasteiger partial charge in [-0.05, 0) is 25.5 Å². The van der Waals surface area contributed by atoms with Crippen molar-refractivity contribution in [1.29, 1.82) is 0 Å². The summed E-state index contributed by atoms with van der Waals surface area (Å²) in [6.45, 7) is 7.71. The van der Waals surface area contributed by atoms with Gasteiger partial charge in [-0.25, -0.2) is 0 Å². The number of halogens is 1. The molecular weight excluding hydrogens is 390 g/mol. The Morgan fingerprint density at radius 3 is 2.62 bits per heavy atom. The highest BCUT2D eigenvalue weighted by molar-refractivity contribution is 6.33. The summed E-state index contributed by atoms with van der Waals surface area (Å²) in [5.74, 6) is 0.0968. The summed E-state index contributed by atoms with van der Waals surface area (Å²) in [6.07, 6.45) is 3.71. The summed E-state index contributed by atoms with van der Waals surface area (Å²) in [4.78, 5) is 28.2. The first-order valence-corrected chi connectivity index (χ1v) is 10.6. The number of nitrogens with one attached hydrogen (secondary N) is 2. The Bertz CT molecular complexity index is 878. The Hall–Kier alpha value is -2.38. The highest BCUT2D eigenvalue weighted by Crippen LogP contribution is 2.21. The van der Waals surface area contributed by atoms with Crippen molar-refractivity contribution in [1.82, 2.24) is 15.1 Å². The fraction of sp³-hybridized carbons (Fsp3) is 0.476. The first-order chi connectivity index (χ1) is 14.0. The number of piperazine rings is 1. The molecule has 2 aromatic rings. The molecule has 1 aromatic carbocycles. The van der Waals surface area contributed by atoms with Crippen molar-refractivity contribution in [2.75, 3.05) is 37.6 Å². The number of amides is 1. The van der Waals surface area contributed by atoms with Crippen molar-refractivity contribution >= 4 is 23.2 Å². The Balaban J connectivity index is 1.60. The topological polar surface area (TPSA) is 71.7 Å². The molecule has 1 aliphatic heterocycles. The number of hydrogen-bond acceptors (Lipinski definition) is 4. The van der Waals surface area contributed by atoms with E-state index in [-0.39, 0.29) is 22.5 Å². The molecule has 1 saturated heterocycles. The van der Waals surface area contributed by atoms with Gasteiger partial charge in [0.1, 0.15) is 5.02 Å². The quantitative estimate of drug-likeness (QED) is 0.700. The summed E-state index contributed by atoms with van der Waals surface area (Å²) >= 11 is 6.40. The zero-order valence-electron chi connectivity index (χ0n) is 17.0. The number of anilines is 1. The van der Waals surface area contributed by atoms with Gasteiger partial charge in [0.15, 0.2) is 6.54 Å². The molecule has 1 aromatic heterocycles. The molecule has 1 atom stereocenters. The Kier molecular flexibility index (Phi) is 7.28.